The van der Waals surface area contributed by atoms with Crippen LogP contribution in [-0.4, -0.2) is 52.3 Å². The van der Waals surface area contributed by atoms with Crippen LogP contribution < -0.4 is 0 Å². The molecule has 0 fully saturated rings. The maximum absolute atomic E-state index is 10.3. The number of hydrogen-bond acceptors (Lipinski definition) is 2. The molecule has 0 saturated heterocycles. The van der Waals surface area contributed by atoms with Crippen LogP contribution in [-0.2, 0) is 4.79 Å². The molecule has 0 aliphatic carbocycles. The van der Waals surface area contributed by atoms with Gasteiger partial charge in [-0.1, -0.05) is 96.8 Å². The van der Waals surface area contributed by atoms with Crippen LogP contribution in [0.2, 0.25) is 0 Å². The van der Waals surface area contributed by atoms with E-state index in [1.807, 2.05) is 0 Å². The molecule has 0 aromatic rings. The van der Waals surface area contributed by atoms with Crippen LogP contribution in [0.5, 0.6) is 0 Å². The van der Waals surface area contributed by atoms with E-state index in [9.17, 15) is 4.79 Å². The van der Waals surface area contributed by atoms with E-state index >= 15 is 0 Å². The Bertz CT molecular complexity index is 223. The standard InChI is InChI=1S/C18H36O2.C2H6O.Na.H/c1-2-3-4-5-6-7-8-9-10-11-12-13-14-15-16-17-18(19)20;1-2-3;;/h2-17H2,1H3,(H,19,20);3H,2H2,1H3;;. The van der Waals surface area contributed by atoms with Crippen LogP contribution in [0.25, 0.3) is 0 Å². The molecular weight excluding hydrogens is 311 g/mol. The summed E-state index contributed by atoms with van der Waals surface area (Å²) >= 11 is 0. The van der Waals surface area contributed by atoms with Crippen molar-refractivity contribution in [2.45, 2.75) is 117 Å². The van der Waals surface area contributed by atoms with Gasteiger partial charge in [-0.2, -0.15) is 0 Å². The summed E-state index contributed by atoms with van der Waals surface area (Å²) in [5.41, 5.74) is 0. The first kappa shape index (κ1) is 29.2. The quantitative estimate of drug-likeness (QED) is 0.277. The van der Waals surface area contributed by atoms with Crippen molar-refractivity contribution in [3.63, 3.8) is 0 Å². The first-order chi connectivity index (χ1) is 11.2. The van der Waals surface area contributed by atoms with Gasteiger partial charge >= 0.3 is 35.5 Å². The third-order valence-electron chi connectivity index (χ3n) is 3.99. The van der Waals surface area contributed by atoms with Gasteiger partial charge in [0.25, 0.3) is 0 Å². The molecule has 0 aromatic carbocycles. The SMILES string of the molecule is CCCCCCCCCCCCCCCCCC(=O)O.CCO.[NaH]. The molecule has 0 bridgehead atoms. The average molecular weight is 355 g/mol. The molecule has 24 heavy (non-hydrogen) atoms. The van der Waals surface area contributed by atoms with E-state index in [2.05, 4.69) is 6.92 Å². The number of aliphatic carboxylic acids is 1. The van der Waals surface area contributed by atoms with Crippen molar-refractivity contribution in [3.8, 4) is 0 Å². The van der Waals surface area contributed by atoms with Gasteiger partial charge in [0, 0.05) is 13.0 Å². The molecule has 0 aliphatic heterocycles. The zero-order chi connectivity index (χ0) is 17.6. The second-order valence-corrected chi connectivity index (χ2v) is 6.41. The van der Waals surface area contributed by atoms with Gasteiger partial charge < -0.3 is 10.2 Å². The third kappa shape index (κ3) is 33.9. The zero-order valence-corrected chi connectivity index (χ0v) is 15.8. The van der Waals surface area contributed by atoms with E-state index in [1.165, 1.54) is 83.5 Å². The molecule has 0 unspecified atom stereocenters. The third-order valence-corrected chi connectivity index (χ3v) is 3.99. The van der Waals surface area contributed by atoms with Gasteiger partial charge in [-0.25, -0.2) is 0 Å². The Hall–Kier alpha value is 0.430. The summed E-state index contributed by atoms with van der Waals surface area (Å²) in [7, 11) is 0. The van der Waals surface area contributed by atoms with Crippen molar-refractivity contribution in [2.24, 2.45) is 0 Å². The second kappa shape index (κ2) is 28.2. The molecule has 0 aliphatic rings. The predicted octanol–water partition coefficient (Wildman–Crippen LogP) is 5.68. The number of carbonyl (C=O) groups is 1. The summed E-state index contributed by atoms with van der Waals surface area (Å²) in [6.07, 6.45) is 20.2. The number of aliphatic hydroxyl groups excluding tert-OH is 1. The van der Waals surface area contributed by atoms with Crippen LogP contribution in [0.15, 0.2) is 0 Å². The van der Waals surface area contributed by atoms with Gasteiger partial charge in [0.05, 0.1) is 0 Å². The van der Waals surface area contributed by atoms with E-state index in [4.69, 9.17) is 10.2 Å². The molecule has 0 rings (SSSR count). The monoisotopic (exact) mass is 354 g/mol. The van der Waals surface area contributed by atoms with Crippen LogP contribution >= 0.6 is 0 Å². The normalized spacial score (nSPS) is 9.79. The summed E-state index contributed by atoms with van der Waals surface area (Å²) in [6.45, 7) is 4.20. The van der Waals surface area contributed by atoms with E-state index in [-0.39, 0.29) is 36.2 Å². The van der Waals surface area contributed by atoms with Gasteiger partial charge in [-0.3, -0.25) is 4.79 Å². The van der Waals surface area contributed by atoms with Gasteiger partial charge in [0.15, 0.2) is 0 Å². The molecule has 0 radical (unpaired) electrons. The van der Waals surface area contributed by atoms with Gasteiger partial charge in [-0.15, -0.1) is 0 Å². The van der Waals surface area contributed by atoms with E-state index in [0.29, 0.717) is 6.42 Å². The van der Waals surface area contributed by atoms with Crippen LogP contribution in [0, 0.1) is 0 Å². The van der Waals surface area contributed by atoms with E-state index in [0.717, 1.165) is 12.8 Å². The zero-order valence-electron chi connectivity index (χ0n) is 15.8. The van der Waals surface area contributed by atoms with Gasteiger partial charge in [-0.05, 0) is 13.3 Å². The Morgan fingerprint density at radius 3 is 1.12 bits per heavy atom. The number of hydrogen-bond donors (Lipinski definition) is 2. The van der Waals surface area contributed by atoms with Crippen LogP contribution in [0.4, 0.5) is 0 Å². The molecule has 2 N–H and O–H groups in total. The summed E-state index contributed by atoms with van der Waals surface area (Å²) in [5.74, 6) is -0.653. The molecule has 0 heterocycles. The van der Waals surface area contributed by atoms with Crippen LogP contribution in [0.1, 0.15) is 117 Å². The molecule has 0 spiro atoms. The second-order valence-electron chi connectivity index (χ2n) is 6.41. The van der Waals surface area contributed by atoms with Crippen molar-refractivity contribution in [2.75, 3.05) is 6.61 Å². The van der Waals surface area contributed by atoms with E-state index in [1.54, 1.807) is 6.92 Å². The molecule has 0 amide bonds. The Labute approximate surface area is 173 Å². The fourth-order valence-corrected chi connectivity index (χ4v) is 2.65. The fraction of sp³-hybridized carbons (Fsp3) is 0.950. The first-order valence-electron chi connectivity index (χ1n) is 10.0. The summed E-state index contributed by atoms with van der Waals surface area (Å²) < 4.78 is 0. The predicted molar refractivity (Wildman–Crippen MR) is 107 cm³/mol. The Morgan fingerprint density at radius 2 is 0.875 bits per heavy atom. The topological polar surface area (TPSA) is 57.5 Å². The number of aliphatic hydroxyl groups is 1. The molecule has 0 aromatic heterocycles. The maximum atomic E-state index is 10.3. The Morgan fingerprint density at radius 1 is 0.625 bits per heavy atom. The molecule has 142 valence electrons. The Kier molecular flexibility index (Phi) is 34.4. The number of carboxylic acid groups (broad SMARTS) is 1. The molecule has 4 heteroatoms. The summed E-state index contributed by atoms with van der Waals surface area (Å²) in [4.78, 5) is 10.3. The molecule has 3 nitrogen and oxygen atoms in total. The van der Waals surface area contributed by atoms with Gasteiger partial charge in [0.2, 0.25) is 0 Å². The Balaban J connectivity index is -0.00000102. The summed E-state index contributed by atoms with van der Waals surface area (Å²) in [5, 5.41) is 16.1. The first-order valence-corrected chi connectivity index (χ1v) is 10.0. The van der Waals surface area contributed by atoms with Crippen molar-refractivity contribution in [1.29, 1.82) is 0 Å². The van der Waals surface area contributed by atoms with Crippen molar-refractivity contribution in [1.82, 2.24) is 0 Å². The minimum atomic E-state index is -0.653. The number of unbranched alkanes of at least 4 members (excludes halogenated alkanes) is 14. The number of carboxylic acids is 1. The summed E-state index contributed by atoms with van der Waals surface area (Å²) in [6, 6.07) is 0. The van der Waals surface area contributed by atoms with Gasteiger partial charge in [0.1, 0.15) is 0 Å². The minimum absolute atomic E-state index is 0. The number of rotatable bonds is 16. The molecular formula is C20H43NaO3. The molecule has 0 atom stereocenters. The fourth-order valence-electron chi connectivity index (χ4n) is 2.65. The average Bonchev–Trinajstić information content (AvgIpc) is 2.51. The van der Waals surface area contributed by atoms with Crippen LogP contribution in [0.3, 0.4) is 0 Å². The van der Waals surface area contributed by atoms with Crippen molar-refractivity contribution >= 4 is 35.5 Å². The van der Waals surface area contributed by atoms with E-state index < -0.39 is 5.97 Å². The van der Waals surface area contributed by atoms with Crippen molar-refractivity contribution < 1.29 is 15.0 Å². The molecule has 0 saturated carbocycles. The van der Waals surface area contributed by atoms with Crippen molar-refractivity contribution in [3.05, 3.63) is 0 Å².